The molecule has 0 radical (unpaired) electrons. The van der Waals surface area contributed by atoms with Crippen LogP contribution in [0.3, 0.4) is 0 Å². The highest BCUT2D eigenvalue weighted by molar-refractivity contribution is 6.05. The molecule has 2 rings (SSSR count). The van der Waals surface area contributed by atoms with E-state index in [4.69, 9.17) is 0 Å². The molecule has 0 spiro atoms. The van der Waals surface area contributed by atoms with Crippen LogP contribution in [0.25, 0.3) is 0 Å². The normalized spacial score (nSPS) is 31.6. The molecule has 1 heterocycles. The van der Waals surface area contributed by atoms with Gasteiger partial charge in [-0.2, -0.15) is 0 Å². The van der Waals surface area contributed by atoms with Gasteiger partial charge in [0.2, 0.25) is 11.8 Å². The van der Waals surface area contributed by atoms with Crippen LogP contribution in [-0.2, 0) is 9.59 Å². The molecule has 0 bridgehead atoms. The molecule has 3 unspecified atom stereocenters. The first-order valence-electron chi connectivity index (χ1n) is 7.17. The SMILES string of the molecule is CCC(CC)N1C(=O)CC(NCC2CC2C)C1=O. The van der Waals surface area contributed by atoms with Crippen molar-refractivity contribution in [3.63, 3.8) is 0 Å². The molecule has 0 aromatic heterocycles. The first kappa shape index (κ1) is 13.5. The first-order chi connectivity index (χ1) is 8.58. The van der Waals surface area contributed by atoms with Crippen molar-refractivity contribution in [2.24, 2.45) is 11.8 Å². The van der Waals surface area contributed by atoms with E-state index in [1.807, 2.05) is 13.8 Å². The fraction of sp³-hybridized carbons (Fsp3) is 0.857. The van der Waals surface area contributed by atoms with Gasteiger partial charge in [0, 0.05) is 6.04 Å². The van der Waals surface area contributed by atoms with Crippen LogP contribution >= 0.6 is 0 Å². The van der Waals surface area contributed by atoms with E-state index >= 15 is 0 Å². The van der Waals surface area contributed by atoms with E-state index in [2.05, 4.69) is 12.2 Å². The number of rotatable bonds is 6. The second-order valence-corrected chi connectivity index (χ2v) is 5.71. The Balaban J connectivity index is 1.91. The summed E-state index contributed by atoms with van der Waals surface area (Å²) in [5.74, 6) is 1.46. The molecular weight excluding hydrogens is 228 g/mol. The lowest BCUT2D eigenvalue weighted by molar-refractivity contribution is -0.141. The van der Waals surface area contributed by atoms with Gasteiger partial charge in [-0.1, -0.05) is 20.8 Å². The number of nitrogens with zero attached hydrogens (tertiary/aromatic N) is 1. The molecule has 1 aliphatic heterocycles. The summed E-state index contributed by atoms with van der Waals surface area (Å²) in [5, 5.41) is 3.28. The summed E-state index contributed by atoms with van der Waals surface area (Å²) in [5.41, 5.74) is 0. The van der Waals surface area contributed by atoms with Crippen molar-refractivity contribution in [2.75, 3.05) is 6.54 Å². The number of likely N-dealkylation sites (tertiary alicyclic amines) is 1. The van der Waals surface area contributed by atoms with E-state index in [0.717, 1.165) is 25.3 Å². The topological polar surface area (TPSA) is 49.4 Å². The molecule has 1 saturated carbocycles. The predicted octanol–water partition coefficient (Wildman–Crippen LogP) is 1.55. The molecular formula is C14H24N2O2. The van der Waals surface area contributed by atoms with Crippen LogP contribution in [0.15, 0.2) is 0 Å². The van der Waals surface area contributed by atoms with Crippen molar-refractivity contribution in [3.8, 4) is 0 Å². The van der Waals surface area contributed by atoms with Crippen LogP contribution in [0.5, 0.6) is 0 Å². The maximum absolute atomic E-state index is 12.2. The van der Waals surface area contributed by atoms with Gasteiger partial charge >= 0.3 is 0 Å². The molecule has 0 aromatic carbocycles. The van der Waals surface area contributed by atoms with Crippen LogP contribution in [-0.4, -0.2) is 35.3 Å². The maximum atomic E-state index is 12.2. The van der Waals surface area contributed by atoms with Gasteiger partial charge in [-0.3, -0.25) is 14.5 Å². The monoisotopic (exact) mass is 252 g/mol. The van der Waals surface area contributed by atoms with Crippen molar-refractivity contribution in [3.05, 3.63) is 0 Å². The zero-order valence-corrected chi connectivity index (χ0v) is 11.6. The molecule has 4 nitrogen and oxygen atoms in total. The third-order valence-corrected chi connectivity index (χ3v) is 4.39. The Hall–Kier alpha value is -0.900. The lowest BCUT2D eigenvalue weighted by atomic mass is 10.1. The molecule has 1 N–H and O–H groups in total. The zero-order valence-electron chi connectivity index (χ0n) is 11.6. The summed E-state index contributed by atoms with van der Waals surface area (Å²) < 4.78 is 0. The zero-order chi connectivity index (χ0) is 13.3. The number of hydrogen-bond acceptors (Lipinski definition) is 3. The molecule has 1 saturated heterocycles. The summed E-state index contributed by atoms with van der Waals surface area (Å²) >= 11 is 0. The third kappa shape index (κ3) is 2.58. The van der Waals surface area contributed by atoms with Crippen molar-refractivity contribution in [1.82, 2.24) is 10.2 Å². The van der Waals surface area contributed by atoms with E-state index in [-0.39, 0.29) is 23.9 Å². The highest BCUT2D eigenvalue weighted by Crippen LogP contribution is 2.37. The first-order valence-corrected chi connectivity index (χ1v) is 7.17. The van der Waals surface area contributed by atoms with Crippen LogP contribution in [0.4, 0.5) is 0 Å². The van der Waals surface area contributed by atoms with Gasteiger partial charge < -0.3 is 5.32 Å². The van der Waals surface area contributed by atoms with E-state index < -0.39 is 0 Å². The highest BCUT2D eigenvalue weighted by atomic mass is 16.2. The van der Waals surface area contributed by atoms with Crippen LogP contribution in [0.1, 0.15) is 46.5 Å². The summed E-state index contributed by atoms with van der Waals surface area (Å²) in [6.45, 7) is 7.16. The van der Waals surface area contributed by atoms with Gasteiger partial charge in [-0.25, -0.2) is 0 Å². The average Bonchev–Trinajstić information content (AvgIpc) is 2.98. The highest BCUT2D eigenvalue weighted by Gasteiger charge is 2.42. The van der Waals surface area contributed by atoms with Gasteiger partial charge in [0.05, 0.1) is 12.5 Å². The van der Waals surface area contributed by atoms with Gasteiger partial charge in [0.1, 0.15) is 0 Å². The molecule has 0 aromatic rings. The number of imide groups is 1. The van der Waals surface area contributed by atoms with Crippen molar-refractivity contribution >= 4 is 11.8 Å². The number of amides is 2. The molecule has 1 aliphatic carbocycles. The van der Waals surface area contributed by atoms with E-state index in [9.17, 15) is 9.59 Å². The minimum Gasteiger partial charge on any atom is -0.305 e. The quantitative estimate of drug-likeness (QED) is 0.730. The van der Waals surface area contributed by atoms with Crippen molar-refractivity contribution < 1.29 is 9.59 Å². The van der Waals surface area contributed by atoms with E-state index in [1.54, 1.807) is 0 Å². The van der Waals surface area contributed by atoms with Gasteiger partial charge in [-0.15, -0.1) is 0 Å². The fourth-order valence-electron chi connectivity index (χ4n) is 2.83. The lowest BCUT2D eigenvalue weighted by Gasteiger charge is -2.24. The molecule has 2 aliphatic rings. The fourth-order valence-corrected chi connectivity index (χ4v) is 2.83. The summed E-state index contributed by atoms with van der Waals surface area (Å²) in [6.07, 6.45) is 3.29. The number of carbonyl (C=O) groups excluding carboxylic acids is 2. The number of hydrogen-bond donors (Lipinski definition) is 1. The van der Waals surface area contributed by atoms with Gasteiger partial charge in [0.15, 0.2) is 0 Å². The molecule has 2 amide bonds. The van der Waals surface area contributed by atoms with Crippen molar-refractivity contribution in [1.29, 1.82) is 0 Å². The Morgan fingerprint density at radius 2 is 1.94 bits per heavy atom. The maximum Gasteiger partial charge on any atom is 0.247 e. The Kier molecular flexibility index (Phi) is 4.05. The summed E-state index contributed by atoms with van der Waals surface area (Å²) in [6, 6.07) is -0.192. The second kappa shape index (κ2) is 5.39. The van der Waals surface area contributed by atoms with Gasteiger partial charge in [-0.05, 0) is 37.6 Å². The van der Waals surface area contributed by atoms with E-state index in [1.165, 1.54) is 11.3 Å². The lowest BCUT2D eigenvalue weighted by Crippen LogP contribution is -2.44. The van der Waals surface area contributed by atoms with Crippen molar-refractivity contribution in [2.45, 2.75) is 58.5 Å². The Morgan fingerprint density at radius 3 is 2.44 bits per heavy atom. The number of carbonyl (C=O) groups is 2. The second-order valence-electron chi connectivity index (χ2n) is 5.71. The Morgan fingerprint density at radius 1 is 1.33 bits per heavy atom. The van der Waals surface area contributed by atoms with Crippen LogP contribution < -0.4 is 5.32 Å². The molecule has 18 heavy (non-hydrogen) atoms. The molecule has 4 heteroatoms. The largest absolute Gasteiger partial charge is 0.305 e. The molecule has 102 valence electrons. The van der Waals surface area contributed by atoms with Gasteiger partial charge in [0.25, 0.3) is 0 Å². The third-order valence-electron chi connectivity index (χ3n) is 4.39. The Bertz CT molecular complexity index is 339. The summed E-state index contributed by atoms with van der Waals surface area (Å²) in [4.78, 5) is 25.7. The smallest absolute Gasteiger partial charge is 0.247 e. The van der Waals surface area contributed by atoms with E-state index in [0.29, 0.717) is 12.3 Å². The summed E-state index contributed by atoms with van der Waals surface area (Å²) in [7, 11) is 0. The Labute approximate surface area is 109 Å². The standard InChI is InChI=1S/C14H24N2O2/c1-4-11(5-2)16-13(17)7-12(14(16)18)15-8-10-6-9(10)3/h9-12,15H,4-8H2,1-3H3. The minimum absolute atomic E-state index is 0.00459. The predicted molar refractivity (Wildman–Crippen MR) is 69.9 cm³/mol. The minimum atomic E-state index is -0.272. The molecule has 2 fully saturated rings. The van der Waals surface area contributed by atoms with Crippen LogP contribution in [0.2, 0.25) is 0 Å². The average molecular weight is 252 g/mol. The number of nitrogens with one attached hydrogen (secondary N) is 1. The molecule has 3 atom stereocenters. The van der Waals surface area contributed by atoms with Crippen LogP contribution in [0, 0.1) is 11.8 Å².